The van der Waals surface area contributed by atoms with E-state index in [0.29, 0.717) is 0 Å². The molecule has 0 aliphatic rings. The molecule has 0 aliphatic carbocycles. The molecule has 1 nitrogen and oxygen atoms in total. The zero-order valence-electron chi connectivity index (χ0n) is 7.01. The molecular formula is C9H18O. The molecule has 0 spiro atoms. The van der Waals surface area contributed by atoms with Crippen molar-refractivity contribution in [3.63, 3.8) is 0 Å². The van der Waals surface area contributed by atoms with E-state index in [1.165, 1.54) is 0 Å². The van der Waals surface area contributed by atoms with E-state index in [0.717, 1.165) is 25.7 Å². The lowest BCUT2D eigenvalue weighted by Gasteiger charge is -2.03. The summed E-state index contributed by atoms with van der Waals surface area (Å²) in [4.78, 5) is 0. The minimum absolute atomic E-state index is 0.118. The Balaban J connectivity index is 3.20. The van der Waals surface area contributed by atoms with E-state index in [1.807, 2.05) is 0 Å². The van der Waals surface area contributed by atoms with E-state index in [9.17, 15) is 5.11 Å². The van der Waals surface area contributed by atoms with Crippen LogP contribution >= 0.6 is 0 Å². The maximum absolute atomic E-state index is 9.22. The van der Waals surface area contributed by atoms with Gasteiger partial charge in [0.25, 0.3) is 0 Å². The molecule has 0 bridgehead atoms. The molecule has 1 N–H and O–H groups in total. The average Bonchev–Trinajstić information content (AvgIpc) is 1.89. The molecule has 0 aliphatic heterocycles. The Morgan fingerprint density at radius 2 is 2.00 bits per heavy atom. The van der Waals surface area contributed by atoms with E-state index in [2.05, 4.69) is 26.0 Å². The third-order valence-electron chi connectivity index (χ3n) is 1.43. The summed E-state index contributed by atoms with van der Waals surface area (Å²) in [6.45, 7) is 4.19. The number of allylic oxidation sites excluding steroid dienone is 1. The van der Waals surface area contributed by atoms with Crippen molar-refractivity contribution in [2.45, 2.75) is 45.6 Å². The van der Waals surface area contributed by atoms with E-state index in [-0.39, 0.29) is 6.10 Å². The lowest BCUT2D eigenvalue weighted by molar-refractivity contribution is 0.166. The van der Waals surface area contributed by atoms with Crippen LogP contribution in [0.25, 0.3) is 0 Å². The molecule has 1 heteroatoms. The van der Waals surface area contributed by atoms with Crippen LogP contribution in [-0.2, 0) is 0 Å². The SMILES string of the molecule is CC/C=C\CC(O)CCC. The second-order valence-electron chi connectivity index (χ2n) is 2.56. The highest BCUT2D eigenvalue weighted by Crippen LogP contribution is 2.01. The molecule has 60 valence electrons. The van der Waals surface area contributed by atoms with Crippen LogP contribution in [0.3, 0.4) is 0 Å². The summed E-state index contributed by atoms with van der Waals surface area (Å²) in [6, 6.07) is 0. The smallest absolute Gasteiger partial charge is 0.0574 e. The van der Waals surface area contributed by atoms with Gasteiger partial charge in [-0.1, -0.05) is 32.4 Å². The first-order valence-corrected chi connectivity index (χ1v) is 4.14. The molecule has 0 saturated heterocycles. The maximum Gasteiger partial charge on any atom is 0.0574 e. The first-order chi connectivity index (χ1) is 4.81. The molecule has 0 rings (SSSR count). The highest BCUT2D eigenvalue weighted by atomic mass is 16.3. The predicted molar refractivity (Wildman–Crippen MR) is 45.0 cm³/mol. The number of hydrogen-bond acceptors (Lipinski definition) is 1. The van der Waals surface area contributed by atoms with E-state index in [1.54, 1.807) is 0 Å². The molecule has 0 aromatic rings. The lowest BCUT2D eigenvalue weighted by Crippen LogP contribution is -2.02. The number of hydrogen-bond donors (Lipinski definition) is 1. The highest BCUT2D eigenvalue weighted by molar-refractivity contribution is 4.82. The van der Waals surface area contributed by atoms with E-state index in [4.69, 9.17) is 0 Å². The van der Waals surface area contributed by atoms with Crippen molar-refractivity contribution in [2.75, 3.05) is 0 Å². The van der Waals surface area contributed by atoms with Crippen LogP contribution in [0.15, 0.2) is 12.2 Å². The van der Waals surface area contributed by atoms with Crippen molar-refractivity contribution in [2.24, 2.45) is 0 Å². The van der Waals surface area contributed by atoms with Crippen LogP contribution in [-0.4, -0.2) is 11.2 Å². The lowest BCUT2D eigenvalue weighted by atomic mass is 10.1. The first-order valence-electron chi connectivity index (χ1n) is 4.14. The van der Waals surface area contributed by atoms with Gasteiger partial charge >= 0.3 is 0 Å². The normalized spacial score (nSPS) is 14.3. The van der Waals surface area contributed by atoms with Crippen LogP contribution in [0.2, 0.25) is 0 Å². The van der Waals surface area contributed by atoms with Gasteiger partial charge in [-0.05, 0) is 19.3 Å². The summed E-state index contributed by atoms with van der Waals surface area (Å²) in [5.41, 5.74) is 0. The fraction of sp³-hybridized carbons (Fsp3) is 0.778. The molecular weight excluding hydrogens is 124 g/mol. The summed E-state index contributed by atoms with van der Waals surface area (Å²) in [7, 11) is 0. The third-order valence-corrected chi connectivity index (χ3v) is 1.43. The second kappa shape index (κ2) is 6.81. The number of aliphatic hydroxyl groups is 1. The quantitative estimate of drug-likeness (QED) is 0.585. The fourth-order valence-corrected chi connectivity index (χ4v) is 0.871. The van der Waals surface area contributed by atoms with Crippen molar-refractivity contribution in [1.29, 1.82) is 0 Å². The Morgan fingerprint density at radius 1 is 1.30 bits per heavy atom. The van der Waals surface area contributed by atoms with Crippen molar-refractivity contribution < 1.29 is 5.11 Å². The molecule has 0 aromatic heterocycles. The van der Waals surface area contributed by atoms with E-state index < -0.39 is 0 Å². The van der Waals surface area contributed by atoms with Gasteiger partial charge in [-0.3, -0.25) is 0 Å². The van der Waals surface area contributed by atoms with Gasteiger partial charge in [0.1, 0.15) is 0 Å². The van der Waals surface area contributed by atoms with Crippen LogP contribution in [0.5, 0.6) is 0 Å². The summed E-state index contributed by atoms with van der Waals surface area (Å²) in [5, 5.41) is 9.22. The van der Waals surface area contributed by atoms with Crippen LogP contribution in [0, 0.1) is 0 Å². The molecule has 0 amide bonds. The Bertz CT molecular complexity index is 86.7. The highest BCUT2D eigenvalue weighted by Gasteiger charge is 1.96. The molecule has 10 heavy (non-hydrogen) atoms. The minimum atomic E-state index is -0.118. The van der Waals surface area contributed by atoms with Crippen LogP contribution in [0.4, 0.5) is 0 Å². The average molecular weight is 142 g/mol. The largest absolute Gasteiger partial charge is 0.393 e. The Labute approximate surface area is 63.8 Å². The summed E-state index contributed by atoms with van der Waals surface area (Å²) in [6.07, 6.45) is 7.92. The summed E-state index contributed by atoms with van der Waals surface area (Å²) >= 11 is 0. The van der Waals surface area contributed by atoms with Gasteiger partial charge in [0.15, 0.2) is 0 Å². The summed E-state index contributed by atoms with van der Waals surface area (Å²) in [5.74, 6) is 0. The van der Waals surface area contributed by atoms with Gasteiger partial charge in [0, 0.05) is 0 Å². The van der Waals surface area contributed by atoms with Crippen molar-refractivity contribution in [3.8, 4) is 0 Å². The predicted octanol–water partition coefficient (Wildman–Crippen LogP) is 2.50. The van der Waals surface area contributed by atoms with Crippen molar-refractivity contribution in [1.82, 2.24) is 0 Å². The fourth-order valence-electron chi connectivity index (χ4n) is 0.871. The second-order valence-corrected chi connectivity index (χ2v) is 2.56. The molecule has 0 heterocycles. The van der Waals surface area contributed by atoms with Gasteiger partial charge < -0.3 is 5.11 Å². The molecule has 0 aromatic carbocycles. The molecule has 1 unspecified atom stereocenters. The number of rotatable bonds is 5. The summed E-state index contributed by atoms with van der Waals surface area (Å²) < 4.78 is 0. The van der Waals surface area contributed by atoms with Crippen molar-refractivity contribution in [3.05, 3.63) is 12.2 Å². The van der Waals surface area contributed by atoms with Crippen molar-refractivity contribution >= 4 is 0 Å². The minimum Gasteiger partial charge on any atom is -0.393 e. The molecule has 0 saturated carbocycles. The molecule has 1 atom stereocenters. The number of aliphatic hydroxyl groups excluding tert-OH is 1. The Hall–Kier alpha value is -0.300. The first kappa shape index (κ1) is 9.70. The monoisotopic (exact) mass is 142 g/mol. The zero-order valence-corrected chi connectivity index (χ0v) is 7.01. The van der Waals surface area contributed by atoms with E-state index >= 15 is 0 Å². The maximum atomic E-state index is 9.22. The van der Waals surface area contributed by atoms with Gasteiger partial charge in [0.2, 0.25) is 0 Å². The zero-order chi connectivity index (χ0) is 7.82. The molecule has 0 fully saturated rings. The van der Waals surface area contributed by atoms with Crippen LogP contribution in [0.1, 0.15) is 39.5 Å². The topological polar surface area (TPSA) is 20.2 Å². The van der Waals surface area contributed by atoms with Gasteiger partial charge in [0.05, 0.1) is 6.10 Å². The van der Waals surface area contributed by atoms with Gasteiger partial charge in [-0.25, -0.2) is 0 Å². The Kier molecular flexibility index (Phi) is 6.61. The van der Waals surface area contributed by atoms with Gasteiger partial charge in [-0.2, -0.15) is 0 Å². The van der Waals surface area contributed by atoms with Crippen LogP contribution < -0.4 is 0 Å². The standard InChI is InChI=1S/C9H18O/c1-3-5-6-8-9(10)7-4-2/h5-6,9-10H,3-4,7-8H2,1-2H3/b6-5-. The Morgan fingerprint density at radius 3 is 2.50 bits per heavy atom. The van der Waals surface area contributed by atoms with Gasteiger partial charge in [-0.15, -0.1) is 0 Å². The third kappa shape index (κ3) is 5.83. The molecule has 0 radical (unpaired) electrons.